The van der Waals surface area contributed by atoms with Crippen LogP contribution in [0.4, 0.5) is 0 Å². The topological polar surface area (TPSA) is 36.4 Å². The van der Waals surface area contributed by atoms with Crippen LogP contribution < -0.4 is 10.6 Å². The third-order valence-corrected chi connectivity index (χ3v) is 2.57. The van der Waals surface area contributed by atoms with Gasteiger partial charge in [-0.25, -0.2) is 0 Å². The predicted molar refractivity (Wildman–Crippen MR) is 50.6 cm³/mol. The molecule has 0 radical (unpaired) electrons. The van der Waals surface area contributed by atoms with Crippen molar-refractivity contribution in [2.45, 2.75) is 31.7 Å². The fourth-order valence-corrected chi connectivity index (χ4v) is 1.88. The second-order valence-electron chi connectivity index (χ2n) is 3.61. The molecule has 1 atom stereocenters. The molecule has 2 aliphatic heterocycles. The Labute approximate surface area is 73.6 Å². The van der Waals surface area contributed by atoms with Crippen molar-refractivity contribution in [2.24, 2.45) is 4.99 Å². The first-order valence-electron chi connectivity index (χ1n) is 4.96. The first-order chi connectivity index (χ1) is 5.95. The number of hydrogen-bond donors (Lipinski definition) is 2. The lowest BCUT2D eigenvalue weighted by Gasteiger charge is -2.17. The van der Waals surface area contributed by atoms with E-state index in [1.807, 2.05) is 0 Å². The van der Waals surface area contributed by atoms with E-state index in [1.54, 1.807) is 0 Å². The van der Waals surface area contributed by atoms with Crippen LogP contribution in [-0.4, -0.2) is 31.5 Å². The summed E-state index contributed by atoms with van der Waals surface area (Å²) < 4.78 is 0. The van der Waals surface area contributed by atoms with E-state index in [-0.39, 0.29) is 0 Å². The minimum absolute atomic E-state index is 0.689. The van der Waals surface area contributed by atoms with Gasteiger partial charge in [0.25, 0.3) is 0 Å². The average molecular weight is 167 g/mol. The van der Waals surface area contributed by atoms with Crippen molar-refractivity contribution in [3.63, 3.8) is 0 Å². The molecule has 0 saturated carbocycles. The third kappa shape index (κ3) is 1.97. The minimum atomic E-state index is 0.689. The molecule has 2 rings (SSSR count). The number of hydrogen-bond acceptors (Lipinski definition) is 3. The fourth-order valence-electron chi connectivity index (χ4n) is 1.88. The largest absolute Gasteiger partial charge is 0.374 e. The second-order valence-corrected chi connectivity index (χ2v) is 3.61. The van der Waals surface area contributed by atoms with Gasteiger partial charge in [0.2, 0.25) is 0 Å². The van der Waals surface area contributed by atoms with Crippen LogP contribution in [0.3, 0.4) is 0 Å². The average Bonchev–Trinajstić information content (AvgIpc) is 2.59. The monoisotopic (exact) mass is 167 g/mol. The van der Waals surface area contributed by atoms with Gasteiger partial charge in [-0.2, -0.15) is 0 Å². The van der Waals surface area contributed by atoms with Gasteiger partial charge in [-0.1, -0.05) is 0 Å². The molecule has 3 nitrogen and oxygen atoms in total. The van der Waals surface area contributed by atoms with Gasteiger partial charge >= 0.3 is 0 Å². The van der Waals surface area contributed by atoms with Crippen LogP contribution in [0.25, 0.3) is 0 Å². The first-order valence-corrected chi connectivity index (χ1v) is 4.96. The van der Waals surface area contributed by atoms with Crippen molar-refractivity contribution in [2.75, 3.05) is 19.6 Å². The maximum atomic E-state index is 4.46. The molecule has 1 saturated heterocycles. The highest BCUT2D eigenvalue weighted by atomic mass is 15.0. The van der Waals surface area contributed by atoms with Gasteiger partial charge in [0.1, 0.15) is 0 Å². The van der Waals surface area contributed by atoms with Gasteiger partial charge in [0, 0.05) is 25.6 Å². The summed E-state index contributed by atoms with van der Waals surface area (Å²) in [6.07, 6.45) is 4.96. The van der Waals surface area contributed by atoms with Gasteiger partial charge in [0.15, 0.2) is 0 Å². The molecule has 0 amide bonds. The molecular weight excluding hydrogens is 150 g/mol. The first kappa shape index (κ1) is 8.05. The quantitative estimate of drug-likeness (QED) is 0.629. The van der Waals surface area contributed by atoms with Gasteiger partial charge in [-0.05, 0) is 25.8 Å². The summed E-state index contributed by atoms with van der Waals surface area (Å²) in [5.41, 5.74) is 0. The summed E-state index contributed by atoms with van der Waals surface area (Å²) in [5, 5.41) is 6.84. The van der Waals surface area contributed by atoms with Crippen LogP contribution in [0.2, 0.25) is 0 Å². The maximum Gasteiger partial charge on any atom is 0.0978 e. The summed E-state index contributed by atoms with van der Waals surface area (Å²) in [4.78, 5) is 4.46. The molecule has 0 spiro atoms. The van der Waals surface area contributed by atoms with Gasteiger partial charge in [0.05, 0.1) is 5.84 Å². The van der Waals surface area contributed by atoms with Crippen molar-refractivity contribution in [1.82, 2.24) is 10.6 Å². The molecule has 0 aliphatic carbocycles. The van der Waals surface area contributed by atoms with E-state index < -0.39 is 0 Å². The van der Waals surface area contributed by atoms with Crippen molar-refractivity contribution >= 4 is 5.84 Å². The van der Waals surface area contributed by atoms with Crippen LogP contribution in [0, 0.1) is 0 Å². The zero-order chi connectivity index (χ0) is 8.23. The number of aliphatic imine (C=N–C) groups is 1. The van der Waals surface area contributed by atoms with Crippen LogP contribution in [0.1, 0.15) is 25.7 Å². The molecule has 0 aromatic rings. The number of nitrogens with zero attached hydrogens (tertiary/aromatic N) is 1. The number of amidine groups is 1. The third-order valence-electron chi connectivity index (χ3n) is 2.57. The Kier molecular flexibility index (Phi) is 2.61. The summed E-state index contributed by atoms with van der Waals surface area (Å²) >= 11 is 0. The van der Waals surface area contributed by atoms with Crippen LogP contribution >= 0.6 is 0 Å². The van der Waals surface area contributed by atoms with Gasteiger partial charge in [-0.3, -0.25) is 4.99 Å². The standard InChI is InChI=1S/C9H17N3/c1-3-8(10-4-1)7-9-11-5-2-6-12-9/h8,10H,1-7H2,(H,11,12). The zero-order valence-electron chi connectivity index (χ0n) is 7.47. The molecule has 0 aromatic carbocycles. The molecule has 12 heavy (non-hydrogen) atoms. The fraction of sp³-hybridized carbons (Fsp3) is 0.889. The molecule has 68 valence electrons. The highest BCUT2D eigenvalue weighted by Crippen LogP contribution is 2.09. The van der Waals surface area contributed by atoms with Crippen LogP contribution in [0.15, 0.2) is 4.99 Å². The molecule has 3 heteroatoms. The normalized spacial score (nSPS) is 29.7. The molecule has 2 N–H and O–H groups in total. The maximum absolute atomic E-state index is 4.46. The lowest BCUT2D eigenvalue weighted by molar-refractivity contribution is 0.607. The lowest BCUT2D eigenvalue weighted by Crippen LogP contribution is -2.35. The van der Waals surface area contributed by atoms with Gasteiger partial charge < -0.3 is 10.6 Å². The van der Waals surface area contributed by atoms with E-state index in [0.717, 1.165) is 19.5 Å². The Hall–Kier alpha value is -0.570. The zero-order valence-corrected chi connectivity index (χ0v) is 7.47. The Morgan fingerprint density at radius 1 is 1.33 bits per heavy atom. The summed E-state index contributed by atoms with van der Waals surface area (Å²) in [6.45, 7) is 3.33. The lowest BCUT2D eigenvalue weighted by atomic mass is 10.1. The molecular formula is C9H17N3. The summed E-state index contributed by atoms with van der Waals surface area (Å²) in [5.74, 6) is 1.22. The van der Waals surface area contributed by atoms with Crippen molar-refractivity contribution in [3.8, 4) is 0 Å². The van der Waals surface area contributed by atoms with E-state index in [0.29, 0.717) is 6.04 Å². The van der Waals surface area contributed by atoms with Crippen molar-refractivity contribution in [3.05, 3.63) is 0 Å². The Morgan fingerprint density at radius 2 is 2.33 bits per heavy atom. The molecule has 0 aromatic heterocycles. The van der Waals surface area contributed by atoms with Crippen LogP contribution in [0.5, 0.6) is 0 Å². The summed E-state index contributed by atoms with van der Waals surface area (Å²) in [6, 6.07) is 0.689. The molecule has 2 heterocycles. The van der Waals surface area contributed by atoms with E-state index >= 15 is 0 Å². The molecule has 2 aliphatic rings. The van der Waals surface area contributed by atoms with Gasteiger partial charge in [-0.15, -0.1) is 0 Å². The number of rotatable bonds is 2. The van der Waals surface area contributed by atoms with E-state index in [4.69, 9.17) is 0 Å². The van der Waals surface area contributed by atoms with Crippen LogP contribution in [-0.2, 0) is 0 Å². The van der Waals surface area contributed by atoms with Crippen molar-refractivity contribution in [1.29, 1.82) is 0 Å². The smallest absolute Gasteiger partial charge is 0.0978 e. The summed E-state index contributed by atoms with van der Waals surface area (Å²) in [7, 11) is 0. The highest BCUT2D eigenvalue weighted by molar-refractivity contribution is 5.83. The Morgan fingerprint density at radius 3 is 3.00 bits per heavy atom. The van der Waals surface area contributed by atoms with E-state index in [9.17, 15) is 0 Å². The molecule has 0 bridgehead atoms. The molecule has 1 unspecified atom stereocenters. The highest BCUT2D eigenvalue weighted by Gasteiger charge is 2.16. The predicted octanol–water partition coefficient (Wildman–Crippen LogP) is 0.520. The minimum Gasteiger partial charge on any atom is -0.374 e. The molecule has 1 fully saturated rings. The van der Waals surface area contributed by atoms with Crippen molar-refractivity contribution < 1.29 is 0 Å². The SMILES string of the molecule is C1CN=C(CC2CCCN2)NC1. The number of nitrogens with one attached hydrogen (secondary N) is 2. The second kappa shape index (κ2) is 3.90. The van der Waals surface area contributed by atoms with E-state index in [2.05, 4.69) is 15.6 Å². The Balaban J connectivity index is 1.80. The Bertz CT molecular complexity index is 171. The van der Waals surface area contributed by atoms with E-state index in [1.165, 1.54) is 31.6 Å².